The van der Waals surface area contributed by atoms with Gasteiger partial charge in [-0.15, -0.1) is 0 Å². The molecule has 2 aromatic heterocycles. The highest BCUT2D eigenvalue weighted by Crippen LogP contribution is 2.20. The van der Waals surface area contributed by atoms with Gasteiger partial charge in [-0.1, -0.05) is 0 Å². The van der Waals surface area contributed by atoms with Gasteiger partial charge >= 0.3 is 0 Å². The van der Waals surface area contributed by atoms with Crippen LogP contribution in [0.3, 0.4) is 0 Å². The van der Waals surface area contributed by atoms with Gasteiger partial charge in [0.25, 0.3) is 0 Å². The van der Waals surface area contributed by atoms with Crippen molar-refractivity contribution in [2.75, 3.05) is 13.6 Å². The van der Waals surface area contributed by atoms with Crippen LogP contribution < -0.4 is 5.73 Å². The van der Waals surface area contributed by atoms with Crippen LogP contribution in [0.2, 0.25) is 0 Å². The van der Waals surface area contributed by atoms with E-state index in [0.29, 0.717) is 6.54 Å². The van der Waals surface area contributed by atoms with E-state index in [4.69, 9.17) is 10.2 Å². The molecule has 0 spiro atoms. The Morgan fingerprint density at radius 2 is 2.26 bits per heavy atom. The number of nitrogens with zero attached hydrogens (tertiary/aromatic N) is 3. The van der Waals surface area contributed by atoms with E-state index in [2.05, 4.69) is 30.2 Å². The highest BCUT2D eigenvalue weighted by molar-refractivity contribution is 5.12. The van der Waals surface area contributed by atoms with Crippen LogP contribution >= 0.6 is 0 Å². The molecule has 0 bridgehead atoms. The third kappa shape index (κ3) is 3.24. The average Bonchev–Trinajstić information content (AvgIpc) is 3.00. The third-order valence-electron chi connectivity index (χ3n) is 3.32. The number of hydrogen-bond donors (Lipinski definition) is 1. The molecule has 0 radical (unpaired) electrons. The van der Waals surface area contributed by atoms with Crippen LogP contribution in [0.5, 0.6) is 0 Å². The fraction of sp³-hybridized carbons (Fsp3) is 0.500. The SMILES string of the molecule is CCn1cc(C(CN)N(C)Cc2ccc(C)o2)cn1. The molecule has 0 amide bonds. The van der Waals surface area contributed by atoms with Crippen molar-refractivity contribution in [1.29, 1.82) is 0 Å². The van der Waals surface area contributed by atoms with Crippen molar-refractivity contribution >= 4 is 0 Å². The molecule has 5 nitrogen and oxygen atoms in total. The summed E-state index contributed by atoms with van der Waals surface area (Å²) in [6.07, 6.45) is 3.95. The zero-order valence-electron chi connectivity index (χ0n) is 11.8. The van der Waals surface area contributed by atoms with Crippen LogP contribution in [-0.2, 0) is 13.1 Å². The molecule has 2 N–H and O–H groups in total. The smallest absolute Gasteiger partial charge is 0.118 e. The minimum atomic E-state index is 0.158. The van der Waals surface area contributed by atoms with E-state index in [1.165, 1.54) is 0 Å². The molecular formula is C14H22N4O. The predicted molar refractivity (Wildman–Crippen MR) is 74.6 cm³/mol. The Kier molecular flexibility index (Phi) is 4.39. The molecule has 2 heterocycles. The van der Waals surface area contributed by atoms with Gasteiger partial charge in [0, 0.05) is 24.8 Å². The Labute approximate surface area is 114 Å². The van der Waals surface area contributed by atoms with Crippen molar-refractivity contribution in [3.8, 4) is 0 Å². The summed E-state index contributed by atoms with van der Waals surface area (Å²) < 4.78 is 7.53. The van der Waals surface area contributed by atoms with Crippen molar-refractivity contribution in [2.45, 2.75) is 33.0 Å². The van der Waals surface area contributed by atoms with Crippen LogP contribution in [-0.4, -0.2) is 28.3 Å². The molecule has 0 aliphatic rings. The summed E-state index contributed by atoms with van der Waals surface area (Å²) in [5, 5.41) is 4.31. The van der Waals surface area contributed by atoms with Crippen molar-refractivity contribution in [2.24, 2.45) is 5.73 Å². The van der Waals surface area contributed by atoms with Crippen LogP contribution in [0.4, 0.5) is 0 Å². The summed E-state index contributed by atoms with van der Waals surface area (Å²) in [5.41, 5.74) is 7.05. The van der Waals surface area contributed by atoms with Crippen molar-refractivity contribution in [3.05, 3.63) is 41.6 Å². The molecule has 0 aromatic carbocycles. The van der Waals surface area contributed by atoms with Gasteiger partial charge in [0.15, 0.2) is 0 Å². The monoisotopic (exact) mass is 262 g/mol. The van der Waals surface area contributed by atoms with Gasteiger partial charge in [0.1, 0.15) is 11.5 Å². The van der Waals surface area contributed by atoms with E-state index in [0.717, 1.165) is 30.2 Å². The Balaban J connectivity index is 2.08. The zero-order valence-corrected chi connectivity index (χ0v) is 11.8. The highest BCUT2D eigenvalue weighted by atomic mass is 16.3. The molecule has 19 heavy (non-hydrogen) atoms. The molecule has 104 valence electrons. The van der Waals surface area contributed by atoms with Gasteiger partial charge in [-0.2, -0.15) is 5.10 Å². The maximum Gasteiger partial charge on any atom is 0.118 e. The minimum absolute atomic E-state index is 0.158. The number of furan rings is 1. The van der Waals surface area contributed by atoms with Gasteiger partial charge < -0.3 is 10.2 Å². The zero-order chi connectivity index (χ0) is 13.8. The van der Waals surface area contributed by atoms with E-state index in [1.807, 2.05) is 29.9 Å². The lowest BCUT2D eigenvalue weighted by Crippen LogP contribution is -2.29. The summed E-state index contributed by atoms with van der Waals surface area (Å²) in [6.45, 7) is 6.20. The van der Waals surface area contributed by atoms with Crippen LogP contribution in [0.1, 0.15) is 30.0 Å². The van der Waals surface area contributed by atoms with Crippen molar-refractivity contribution in [3.63, 3.8) is 0 Å². The standard InChI is InChI=1S/C14H22N4O/c1-4-18-9-12(8-16-18)14(7-15)17(3)10-13-6-5-11(2)19-13/h5-6,8-9,14H,4,7,10,15H2,1-3H3. The second-order valence-electron chi connectivity index (χ2n) is 4.81. The highest BCUT2D eigenvalue weighted by Gasteiger charge is 2.18. The normalized spacial score (nSPS) is 13.1. The lowest BCUT2D eigenvalue weighted by Gasteiger charge is -2.25. The second kappa shape index (κ2) is 6.04. The molecule has 0 saturated heterocycles. The number of nitrogens with two attached hydrogens (primary N) is 1. The maximum absolute atomic E-state index is 5.91. The summed E-state index contributed by atoms with van der Waals surface area (Å²) in [4.78, 5) is 2.19. The quantitative estimate of drug-likeness (QED) is 0.864. The Morgan fingerprint density at radius 3 is 2.79 bits per heavy atom. The first-order valence-corrected chi connectivity index (χ1v) is 6.62. The Morgan fingerprint density at radius 1 is 1.47 bits per heavy atom. The summed E-state index contributed by atoms with van der Waals surface area (Å²) in [5.74, 6) is 1.90. The third-order valence-corrected chi connectivity index (χ3v) is 3.32. The van der Waals surface area contributed by atoms with Crippen molar-refractivity contribution in [1.82, 2.24) is 14.7 Å². The number of aromatic nitrogens is 2. The van der Waals surface area contributed by atoms with E-state index in [-0.39, 0.29) is 6.04 Å². The maximum atomic E-state index is 5.91. The lowest BCUT2D eigenvalue weighted by molar-refractivity contribution is 0.221. The van der Waals surface area contributed by atoms with E-state index in [1.54, 1.807) is 0 Å². The molecule has 2 rings (SSSR count). The fourth-order valence-electron chi connectivity index (χ4n) is 2.22. The van der Waals surface area contributed by atoms with Crippen LogP contribution in [0, 0.1) is 6.92 Å². The molecule has 5 heteroatoms. The average molecular weight is 262 g/mol. The minimum Gasteiger partial charge on any atom is -0.465 e. The number of hydrogen-bond acceptors (Lipinski definition) is 4. The van der Waals surface area contributed by atoms with Gasteiger partial charge in [-0.05, 0) is 33.0 Å². The number of rotatable bonds is 6. The van der Waals surface area contributed by atoms with E-state index < -0.39 is 0 Å². The van der Waals surface area contributed by atoms with E-state index in [9.17, 15) is 0 Å². The van der Waals surface area contributed by atoms with Crippen LogP contribution in [0.25, 0.3) is 0 Å². The molecule has 0 fully saturated rings. The molecule has 1 unspecified atom stereocenters. The Hall–Kier alpha value is -1.59. The summed E-state index contributed by atoms with van der Waals surface area (Å²) in [6, 6.07) is 4.15. The van der Waals surface area contributed by atoms with Gasteiger partial charge in [-0.3, -0.25) is 9.58 Å². The van der Waals surface area contributed by atoms with Gasteiger partial charge in [0.2, 0.25) is 0 Å². The lowest BCUT2D eigenvalue weighted by atomic mass is 10.1. The van der Waals surface area contributed by atoms with E-state index >= 15 is 0 Å². The second-order valence-corrected chi connectivity index (χ2v) is 4.81. The number of likely N-dealkylation sites (N-methyl/N-ethyl adjacent to an activating group) is 1. The molecule has 0 aliphatic heterocycles. The fourth-order valence-corrected chi connectivity index (χ4v) is 2.22. The summed E-state index contributed by atoms with van der Waals surface area (Å²) >= 11 is 0. The largest absolute Gasteiger partial charge is 0.465 e. The molecule has 0 saturated carbocycles. The van der Waals surface area contributed by atoms with Crippen molar-refractivity contribution < 1.29 is 4.42 Å². The predicted octanol–water partition coefficient (Wildman–Crippen LogP) is 1.94. The van der Waals surface area contributed by atoms with Gasteiger partial charge in [-0.25, -0.2) is 0 Å². The molecule has 0 aliphatic carbocycles. The molecule has 1 atom stereocenters. The summed E-state index contributed by atoms with van der Waals surface area (Å²) in [7, 11) is 2.05. The first-order valence-electron chi connectivity index (χ1n) is 6.62. The van der Waals surface area contributed by atoms with Crippen LogP contribution in [0.15, 0.2) is 28.9 Å². The molecular weight excluding hydrogens is 240 g/mol. The van der Waals surface area contributed by atoms with Gasteiger partial charge in [0.05, 0.1) is 18.8 Å². The Bertz CT molecular complexity index is 517. The topological polar surface area (TPSA) is 60.2 Å². The molecule has 2 aromatic rings. The number of aryl methyl sites for hydroxylation is 2. The first kappa shape index (κ1) is 13.8. The first-order chi connectivity index (χ1) is 9.13.